The molecule has 5 N–H and O–H groups in total. The number of carbonyl (C=O) groups excluding carboxylic acids is 1. The van der Waals surface area contributed by atoms with E-state index in [1.807, 2.05) is 0 Å². The van der Waals surface area contributed by atoms with Gasteiger partial charge in [0.2, 0.25) is 5.91 Å². The number of hydrogen-bond donors (Lipinski definition) is 5. The highest BCUT2D eigenvalue weighted by molar-refractivity contribution is 5.80. The molecule has 0 aliphatic carbocycles. The fourth-order valence-corrected chi connectivity index (χ4v) is 8.17. The Balaban J connectivity index is 3.52. The predicted molar refractivity (Wildman–Crippen MR) is 247 cm³/mol. The van der Waals surface area contributed by atoms with Gasteiger partial charge in [0.25, 0.3) is 0 Å². The van der Waals surface area contributed by atoms with Gasteiger partial charge in [0.05, 0.1) is 18.8 Å². The molecule has 0 aliphatic heterocycles. The van der Waals surface area contributed by atoms with Crippen LogP contribution in [0.4, 0.5) is 0 Å². The van der Waals surface area contributed by atoms with E-state index in [1.165, 1.54) is 212 Å². The molecule has 6 nitrogen and oxygen atoms in total. The summed E-state index contributed by atoms with van der Waals surface area (Å²) in [6, 6.07) is -0.996. The molecule has 57 heavy (non-hydrogen) atoms. The molecule has 0 saturated heterocycles. The zero-order valence-corrected chi connectivity index (χ0v) is 38.4. The number of allylic oxidation sites excluding steroid dienone is 2. The average Bonchev–Trinajstić information content (AvgIpc) is 3.22. The summed E-state index contributed by atoms with van der Waals surface area (Å²) in [5, 5.41) is 43.6. The summed E-state index contributed by atoms with van der Waals surface area (Å²) in [6.45, 7) is 4.03. The number of nitrogens with one attached hydrogen (secondary N) is 1. The van der Waals surface area contributed by atoms with Gasteiger partial charge in [0.1, 0.15) is 12.2 Å². The average molecular weight is 808 g/mol. The van der Waals surface area contributed by atoms with Gasteiger partial charge in [-0.3, -0.25) is 4.79 Å². The summed E-state index contributed by atoms with van der Waals surface area (Å²) in [4.78, 5) is 12.5. The van der Waals surface area contributed by atoms with E-state index in [0.717, 1.165) is 38.5 Å². The highest BCUT2D eigenvalue weighted by atomic mass is 16.3. The van der Waals surface area contributed by atoms with Crippen molar-refractivity contribution in [3.63, 3.8) is 0 Å². The lowest BCUT2D eigenvalue weighted by atomic mass is 10.00. The van der Waals surface area contributed by atoms with Crippen LogP contribution >= 0.6 is 0 Å². The van der Waals surface area contributed by atoms with Gasteiger partial charge in [-0.05, 0) is 38.5 Å². The van der Waals surface area contributed by atoms with Crippen LogP contribution in [0.5, 0.6) is 0 Å². The fraction of sp³-hybridized carbons (Fsp3) is 0.941. The second-order valence-electron chi connectivity index (χ2n) is 17.9. The molecule has 0 aromatic heterocycles. The summed E-state index contributed by atoms with van der Waals surface area (Å²) < 4.78 is 0. The lowest BCUT2D eigenvalue weighted by Gasteiger charge is -2.27. The second-order valence-corrected chi connectivity index (χ2v) is 17.9. The molecule has 0 aromatic rings. The van der Waals surface area contributed by atoms with Gasteiger partial charge in [-0.2, -0.15) is 0 Å². The van der Waals surface area contributed by atoms with Gasteiger partial charge in [-0.25, -0.2) is 0 Å². The molecular weight excluding hydrogens is 707 g/mol. The molecule has 0 heterocycles. The summed E-state index contributed by atoms with van der Waals surface area (Å²) in [7, 11) is 0. The van der Waals surface area contributed by atoms with E-state index in [0.29, 0.717) is 12.8 Å². The summed E-state index contributed by atoms with van der Waals surface area (Å²) in [5.41, 5.74) is 0. The molecule has 340 valence electrons. The summed E-state index contributed by atoms with van der Waals surface area (Å²) >= 11 is 0. The van der Waals surface area contributed by atoms with Crippen molar-refractivity contribution in [2.24, 2.45) is 0 Å². The first-order chi connectivity index (χ1) is 28.0. The van der Waals surface area contributed by atoms with Crippen molar-refractivity contribution < 1.29 is 25.2 Å². The molecular formula is C51H101NO5. The van der Waals surface area contributed by atoms with Crippen LogP contribution in [0.2, 0.25) is 0 Å². The number of aliphatic hydroxyl groups excluding tert-OH is 4. The fourth-order valence-electron chi connectivity index (χ4n) is 8.17. The minimum Gasteiger partial charge on any atom is -0.394 e. The first-order valence-electron chi connectivity index (χ1n) is 25.6. The van der Waals surface area contributed by atoms with Gasteiger partial charge >= 0.3 is 0 Å². The van der Waals surface area contributed by atoms with E-state index in [4.69, 9.17) is 0 Å². The van der Waals surface area contributed by atoms with Gasteiger partial charge in [0, 0.05) is 0 Å². The standard InChI is InChI=1S/C51H101NO5/c1-3-5-7-9-11-13-15-16-17-18-19-20-21-22-23-24-25-26-27-28-29-30-31-32-33-34-35-37-39-41-43-45-49(55)51(57)52-47(46-53)50(56)48(54)44-42-40-38-36-14-12-10-8-6-4-2/h36,38,47-50,53-56H,3-35,37,39-46H2,1-2H3,(H,52,57)/b38-36+. The van der Waals surface area contributed by atoms with Crippen molar-refractivity contribution in [1.82, 2.24) is 5.32 Å². The molecule has 6 heteroatoms. The molecule has 0 saturated carbocycles. The molecule has 1 amide bonds. The lowest BCUT2D eigenvalue weighted by Crippen LogP contribution is -2.53. The number of rotatable bonds is 47. The Labute approximate surface area is 355 Å². The Morgan fingerprint density at radius 2 is 0.719 bits per heavy atom. The number of carbonyl (C=O) groups is 1. The Morgan fingerprint density at radius 3 is 1.05 bits per heavy atom. The summed E-state index contributed by atoms with van der Waals surface area (Å²) in [6.07, 6.45) is 53.0. The van der Waals surface area contributed by atoms with Crippen molar-refractivity contribution in [3.8, 4) is 0 Å². The van der Waals surface area contributed by atoms with Crippen LogP contribution in [0.25, 0.3) is 0 Å². The maximum absolute atomic E-state index is 12.5. The molecule has 4 atom stereocenters. The Morgan fingerprint density at radius 1 is 0.421 bits per heavy atom. The number of hydrogen-bond acceptors (Lipinski definition) is 5. The maximum atomic E-state index is 12.5. The zero-order valence-electron chi connectivity index (χ0n) is 38.4. The monoisotopic (exact) mass is 808 g/mol. The van der Waals surface area contributed by atoms with E-state index < -0.39 is 36.9 Å². The van der Waals surface area contributed by atoms with Crippen molar-refractivity contribution in [2.45, 2.75) is 301 Å². The first kappa shape index (κ1) is 56.0. The Kier molecular flexibility index (Phi) is 45.4. The van der Waals surface area contributed by atoms with E-state index in [1.54, 1.807) is 0 Å². The van der Waals surface area contributed by atoms with Crippen LogP contribution in [0.15, 0.2) is 12.2 Å². The van der Waals surface area contributed by atoms with E-state index in [2.05, 4.69) is 31.3 Å². The predicted octanol–water partition coefficient (Wildman–Crippen LogP) is 14.1. The topological polar surface area (TPSA) is 110 Å². The van der Waals surface area contributed by atoms with Gasteiger partial charge in [-0.15, -0.1) is 0 Å². The van der Waals surface area contributed by atoms with Crippen LogP contribution in [-0.4, -0.2) is 57.3 Å². The third kappa shape index (κ3) is 40.2. The number of amides is 1. The van der Waals surface area contributed by atoms with Crippen molar-refractivity contribution in [3.05, 3.63) is 12.2 Å². The van der Waals surface area contributed by atoms with Crippen LogP contribution in [0, 0.1) is 0 Å². The minimum atomic E-state index is -1.28. The molecule has 0 radical (unpaired) electrons. The normalized spacial score (nSPS) is 14.0. The van der Waals surface area contributed by atoms with Crippen LogP contribution in [-0.2, 0) is 4.79 Å². The molecule has 0 rings (SSSR count). The van der Waals surface area contributed by atoms with E-state index in [-0.39, 0.29) is 0 Å². The third-order valence-electron chi connectivity index (χ3n) is 12.2. The van der Waals surface area contributed by atoms with E-state index >= 15 is 0 Å². The molecule has 0 spiro atoms. The largest absolute Gasteiger partial charge is 0.394 e. The summed E-state index contributed by atoms with van der Waals surface area (Å²) in [5.74, 6) is -0.590. The Bertz CT molecular complexity index is 821. The Hall–Kier alpha value is -0.950. The van der Waals surface area contributed by atoms with E-state index in [9.17, 15) is 25.2 Å². The maximum Gasteiger partial charge on any atom is 0.249 e. The zero-order chi connectivity index (χ0) is 41.7. The van der Waals surface area contributed by atoms with Crippen LogP contribution in [0.3, 0.4) is 0 Å². The van der Waals surface area contributed by atoms with Crippen molar-refractivity contribution >= 4 is 5.91 Å². The molecule has 0 aromatic carbocycles. The van der Waals surface area contributed by atoms with Crippen molar-refractivity contribution in [2.75, 3.05) is 6.61 Å². The quantitative estimate of drug-likeness (QED) is 0.0311. The lowest BCUT2D eigenvalue weighted by molar-refractivity contribution is -0.132. The van der Waals surface area contributed by atoms with Gasteiger partial charge in [-0.1, -0.05) is 251 Å². The molecule has 4 unspecified atom stereocenters. The van der Waals surface area contributed by atoms with Gasteiger partial charge in [0.15, 0.2) is 0 Å². The highest BCUT2D eigenvalue weighted by Crippen LogP contribution is 2.18. The first-order valence-corrected chi connectivity index (χ1v) is 25.6. The smallest absolute Gasteiger partial charge is 0.249 e. The SMILES string of the molecule is CCCCCCC/C=C/CCCC(O)C(O)C(CO)NC(=O)C(O)CCCCCCCCCCCCCCCCCCCCCCCCCCCCCCCCC. The number of aliphatic hydroxyl groups is 4. The van der Waals surface area contributed by atoms with Crippen molar-refractivity contribution in [1.29, 1.82) is 0 Å². The highest BCUT2D eigenvalue weighted by Gasteiger charge is 2.28. The molecule has 0 fully saturated rings. The molecule has 0 bridgehead atoms. The third-order valence-corrected chi connectivity index (χ3v) is 12.2. The number of unbranched alkanes of at least 4 members (excludes halogenated alkanes) is 36. The van der Waals surface area contributed by atoms with Crippen LogP contribution < -0.4 is 5.32 Å². The van der Waals surface area contributed by atoms with Gasteiger partial charge < -0.3 is 25.7 Å². The second kappa shape index (κ2) is 46.1. The van der Waals surface area contributed by atoms with Crippen LogP contribution in [0.1, 0.15) is 277 Å². The minimum absolute atomic E-state index is 0.368. The molecule has 0 aliphatic rings.